The van der Waals surface area contributed by atoms with Gasteiger partial charge in [0, 0.05) is 5.92 Å². The molecule has 2 aromatic rings. The first-order valence-corrected chi connectivity index (χ1v) is 8.62. The van der Waals surface area contributed by atoms with E-state index in [1.54, 1.807) is 0 Å². The molecule has 0 aromatic carbocycles. The highest BCUT2D eigenvalue weighted by molar-refractivity contribution is 7.15. The molecule has 106 valence electrons. The van der Waals surface area contributed by atoms with E-state index in [1.807, 2.05) is 18.4 Å². The molecule has 0 atom stereocenters. The van der Waals surface area contributed by atoms with Crippen molar-refractivity contribution in [2.45, 2.75) is 44.9 Å². The number of carbonyl (C=O) groups excluding carboxylic acids is 1. The van der Waals surface area contributed by atoms with Crippen molar-refractivity contribution in [1.29, 1.82) is 0 Å². The highest BCUT2D eigenvalue weighted by Gasteiger charge is 2.20. The molecule has 1 N–H and O–H groups in total. The molecule has 6 heteroatoms. The maximum atomic E-state index is 12.1. The lowest BCUT2D eigenvalue weighted by atomic mass is 9.90. The molecule has 0 aliphatic heterocycles. The van der Waals surface area contributed by atoms with Gasteiger partial charge in [-0.3, -0.25) is 10.1 Å². The lowest BCUT2D eigenvalue weighted by Gasteiger charge is -2.18. The normalized spacial score (nSPS) is 16.2. The Kier molecular flexibility index (Phi) is 4.12. The molecule has 0 spiro atoms. The van der Waals surface area contributed by atoms with E-state index in [9.17, 15) is 4.79 Å². The van der Waals surface area contributed by atoms with Gasteiger partial charge in [0.15, 0.2) is 0 Å². The van der Waals surface area contributed by atoms with E-state index in [1.165, 1.54) is 54.8 Å². The van der Waals surface area contributed by atoms with Crippen molar-refractivity contribution in [3.05, 3.63) is 26.9 Å². The van der Waals surface area contributed by atoms with Crippen LogP contribution in [0.3, 0.4) is 0 Å². The van der Waals surface area contributed by atoms with Crippen molar-refractivity contribution in [2.24, 2.45) is 0 Å². The summed E-state index contributed by atoms with van der Waals surface area (Å²) in [6, 6.07) is 1.95. The van der Waals surface area contributed by atoms with Crippen LogP contribution in [-0.2, 0) is 0 Å². The standard InChI is InChI=1S/C14H17N3OS2/c1-9-7-8-19-11(9)12(18)15-14-17-16-13(20-14)10-5-3-2-4-6-10/h7-8,10H,2-6H2,1H3,(H,15,17,18). The van der Waals surface area contributed by atoms with Gasteiger partial charge in [-0.15, -0.1) is 21.5 Å². The van der Waals surface area contributed by atoms with E-state index < -0.39 is 0 Å². The van der Waals surface area contributed by atoms with E-state index in [0.717, 1.165) is 15.4 Å². The number of amides is 1. The predicted octanol–water partition coefficient (Wildman–Crippen LogP) is 4.21. The van der Waals surface area contributed by atoms with Crippen LogP contribution in [0.4, 0.5) is 5.13 Å². The van der Waals surface area contributed by atoms with Gasteiger partial charge >= 0.3 is 0 Å². The van der Waals surface area contributed by atoms with Gasteiger partial charge in [-0.1, -0.05) is 30.6 Å². The van der Waals surface area contributed by atoms with Gasteiger partial charge in [0.1, 0.15) is 5.01 Å². The molecule has 1 aliphatic carbocycles. The molecule has 2 aromatic heterocycles. The lowest BCUT2D eigenvalue weighted by Crippen LogP contribution is -2.10. The summed E-state index contributed by atoms with van der Waals surface area (Å²) in [7, 11) is 0. The van der Waals surface area contributed by atoms with Gasteiger partial charge in [-0.05, 0) is 36.8 Å². The Morgan fingerprint density at radius 3 is 2.80 bits per heavy atom. The number of hydrogen-bond acceptors (Lipinski definition) is 5. The SMILES string of the molecule is Cc1ccsc1C(=O)Nc1nnc(C2CCCCC2)s1. The molecule has 1 fully saturated rings. The highest BCUT2D eigenvalue weighted by Crippen LogP contribution is 2.35. The minimum Gasteiger partial charge on any atom is -0.296 e. The summed E-state index contributed by atoms with van der Waals surface area (Å²) in [5, 5.41) is 14.8. The first-order chi connectivity index (χ1) is 9.74. The molecule has 0 radical (unpaired) electrons. The molecule has 1 amide bonds. The Hall–Kier alpha value is -1.27. The van der Waals surface area contributed by atoms with E-state index in [4.69, 9.17) is 0 Å². The molecule has 1 saturated carbocycles. The average molecular weight is 307 g/mol. The zero-order valence-electron chi connectivity index (χ0n) is 11.4. The van der Waals surface area contributed by atoms with Gasteiger partial charge in [0.25, 0.3) is 5.91 Å². The van der Waals surface area contributed by atoms with Crippen molar-refractivity contribution in [3.63, 3.8) is 0 Å². The van der Waals surface area contributed by atoms with Crippen LogP contribution in [0.25, 0.3) is 0 Å². The Morgan fingerprint density at radius 1 is 1.30 bits per heavy atom. The molecule has 4 nitrogen and oxygen atoms in total. The second-order valence-electron chi connectivity index (χ2n) is 5.17. The number of aromatic nitrogens is 2. The Labute approximate surface area is 126 Å². The highest BCUT2D eigenvalue weighted by atomic mass is 32.1. The number of nitrogens with one attached hydrogen (secondary N) is 1. The van der Waals surface area contributed by atoms with Crippen molar-refractivity contribution < 1.29 is 4.79 Å². The smallest absolute Gasteiger partial charge is 0.267 e. The maximum absolute atomic E-state index is 12.1. The van der Waals surface area contributed by atoms with Crippen LogP contribution in [-0.4, -0.2) is 16.1 Å². The number of nitrogens with zero attached hydrogens (tertiary/aromatic N) is 2. The number of anilines is 1. The first kappa shape index (κ1) is 13.7. The average Bonchev–Trinajstić information content (AvgIpc) is 3.09. The van der Waals surface area contributed by atoms with Crippen molar-refractivity contribution in [1.82, 2.24) is 10.2 Å². The summed E-state index contributed by atoms with van der Waals surface area (Å²) in [6.07, 6.45) is 6.29. The largest absolute Gasteiger partial charge is 0.296 e. The molecule has 0 bridgehead atoms. The minimum absolute atomic E-state index is 0.0798. The second kappa shape index (κ2) is 6.01. The third-order valence-corrected chi connectivity index (χ3v) is 5.70. The number of aryl methyl sites for hydroxylation is 1. The minimum atomic E-state index is -0.0798. The number of thiophene rings is 1. The zero-order valence-corrected chi connectivity index (χ0v) is 13.0. The maximum Gasteiger partial charge on any atom is 0.267 e. The van der Waals surface area contributed by atoms with Crippen molar-refractivity contribution >= 4 is 33.7 Å². The summed E-state index contributed by atoms with van der Waals surface area (Å²) in [5.41, 5.74) is 1.00. The van der Waals surface area contributed by atoms with Crippen LogP contribution in [0.2, 0.25) is 0 Å². The van der Waals surface area contributed by atoms with Crippen LogP contribution in [0.15, 0.2) is 11.4 Å². The van der Waals surface area contributed by atoms with Crippen LogP contribution < -0.4 is 5.32 Å². The van der Waals surface area contributed by atoms with Crippen LogP contribution in [0.5, 0.6) is 0 Å². The topological polar surface area (TPSA) is 54.9 Å². The molecule has 0 unspecified atom stereocenters. The zero-order chi connectivity index (χ0) is 13.9. The van der Waals surface area contributed by atoms with Crippen molar-refractivity contribution in [2.75, 3.05) is 5.32 Å². The third kappa shape index (κ3) is 2.91. The predicted molar refractivity (Wildman–Crippen MR) is 82.7 cm³/mol. The summed E-state index contributed by atoms with van der Waals surface area (Å²) < 4.78 is 0. The molecular formula is C14H17N3OS2. The van der Waals surface area contributed by atoms with E-state index in [-0.39, 0.29) is 5.91 Å². The Balaban J connectivity index is 1.68. The Morgan fingerprint density at radius 2 is 2.10 bits per heavy atom. The molecular weight excluding hydrogens is 290 g/mol. The van der Waals surface area contributed by atoms with E-state index in [2.05, 4.69) is 15.5 Å². The fraction of sp³-hybridized carbons (Fsp3) is 0.500. The number of carbonyl (C=O) groups is 1. The molecule has 0 saturated heterocycles. The van der Waals surface area contributed by atoms with Gasteiger partial charge in [-0.25, -0.2) is 0 Å². The van der Waals surface area contributed by atoms with Crippen molar-refractivity contribution in [3.8, 4) is 0 Å². The Bertz CT molecular complexity index is 599. The molecule has 2 heterocycles. The lowest BCUT2D eigenvalue weighted by molar-refractivity contribution is 0.103. The quantitative estimate of drug-likeness (QED) is 0.924. The van der Waals surface area contributed by atoms with E-state index in [0.29, 0.717) is 11.0 Å². The van der Waals surface area contributed by atoms with Crippen LogP contribution in [0.1, 0.15) is 58.3 Å². The van der Waals surface area contributed by atoms with Crippen LogP contribution >= 0.6 is 22.7 Å². The summed E-state index contributed by atoms with van der Waals surface area (Å²) >= 11 is 2.98. The number of hydrogen-bond donors (Lipinski definition) is 1. The summed E-state index contributed by atoms with van der Waals surface area (Å²) in [5.74, 6) is 0.458. The van der Waals surface area contributed by atoms with Crippen LogP contribution in [0, 0.1) is 6.92 Å². The first-order valence-electron chi connectivity index (χ1n) is 6.93. The van der Waals surface area contributed by atoms with E-state index >= 15 is 0 Å². The molecule has 1 aliphatic rings. The summed E-state index contributed by atoms with van der Waals surface area (Å²) in [4.78, 5) is 12.9. The number of rotatable bonds is 3. The molecule has 3 rings (SSSR count). The monoisotopic (exact) mass is 307 g/mol. The summed E-state index contributed by atoms with van der Waals surface area (Å²) in [6.45, 7) is 1.94. The second-order valence-corrected chi connectivity index (χ2v) is 7.09. The molecule has 20 heavy (non-hydrogen) atoms. The third-order valence-electron chi connectivity index (χ3n) is 3.68. The fourth-order valence-corrected chi connectivity index (χ4v) is 4.29. The van der Waals surface area contributed by atoms with Gasteiger partial charge in [-0.2, -0.15) is 0 Å². The van der Waals surface area contributed by atoms with Gasteiger partial charge < -0.3 is 0 Å². The fourth-order valence-electron chi connectivity index (χ4n) is 2.56. The van der Waals surface area contributed by atoms with Gasteiger partial charge in [0.05, 0.1) is 4.88 Å². The van der Waals surface area contributed by atoms with Gasteiger partial charge in [0.2, 0.25) is 5.13 Å².